The molecule has 10 aromatic carbocycles. The molecule has 113 heavy (non-hydrogen) atoms. The van der Waals surface area contributed by atoms with Crippen molar-refractivity contribution in [1.29, 1.82) is 0 Å². The van der Waals surface area contributed by atoms with Crippen LogP contribution in [0.1, 0.15) is 69.4 Å². The predicted octanol–water partition coefficient (Wildman–Crippen LogP) is 4.93. The van der Waals surface area contributed by atoms with Gasteiger partial charge in [-0.3, -0.25) is 44.3 Å². The summed E-state index contributed by atoms with van der Waals surface area (Å²) in [7, 11) is 2.64. The number of esters is 2. The van der Waals surface area contributed by atoms with Gasteiger partial charge in [-0.05, 0) is 133 Å². The number of carbonyl (C=O) groups excluding carboxylic acids is 4. The molecule has 0 bridgehead atoms. The Labute approximate surface area is 802 Å². The fourth-order valence-corrected chi connectivity index (χ4v) is 12.3. The number of carbonyl (C=O) groups is 6. The van der Waals surface area contributed by atoms with Crippen LogP contribution in [-0.4, -0.2) is 106 Å². The molecule has 0 aromatic heterocycles. The average molecular weight is 1890 g/mol. The van der Waals surface area contributed by atoms with Crippen LogP contribution in [0.15, 0.2) is 256 Å². The summed E-state index contributed by atoms with van der Waals surface area (Å²) < 4.78 is 37.3. The number of nitrogens with two attached hydrogens (primary N) is 6. The fraction of sp³-hybridized carbons (Fsp3) is 0.0833. The van der Waals surface area contributed by atoms with Gasteiger partial charge in [0.2, 0.25) is 5.82 Å². The Bertz CT molecular complexity index is 4790. The van der Waals surface area contributed by atoms with Crippen LogP contribution >= 0.6 is 59.7 Å². The van der Waals surface area contributed by atoms with Gasteiger partial charge in [0.15, 0.2) is 0 Å². The van der Waals surface area contributed by atoms with Gasteiger partial charge in [0.25, 0.3) is 23.8 Å². The zero-order valence-electron chi connectivity index (χ0n) is 61.5. The number of nitrogens with one attached hydrogen (secondary N) is 1. The van der Waals surface area contributed by atoms with E-state index in [1.807, 2.05) is 42.5 Å². The third-order valence-corrected chi connectivity index (χ3v) is 17.7. The van der Waals surface area contributed by atoms with Gasteiger partial charge in [0.1, 0.15) is 0 Å². The molecule has 588 valence electrons. The van der Waals surface area contributed by atoms with Crippen LogP contribution in [0.4, 0.5) is 65.7 Å². The number of fused-ring (bicyclic) bond motifs is 2. The summed E-state index contributed by atoms with van der Waals surface area (Å²) in [6.45, 7) is -0.181. The van der Waals surface area contributed by atoms with Gasteiger partial charge in [-0.1, -0.05) is 123 Å². The number of nitrogen functional groups attached to an aromatic ring is 6. The molecule has 0 saturated heterocycles. The molecular weight excluding hydrogens is 1810 g/mol. The Kier molecular flexibility index (Phi) is 59.9. The van der Waals surface area contributed by atoms with Crippen LogP contribution in [0.2, 0.25) is 0 Å². The summed E-state index contributed by atoms with van der Waals surface area (Å²) in [5, 5.41) is 68.7. The second kappa shape index (κ2) is 60.7. The second-order valence-corrected chi connectivity index (χ2v) is 24.5. The number of ether oxygens (including phenoxy) is 2. The molecule has 0 saturated carbocycles. The quantitative estimate of drug-likeness (QED) is 0.0100. The van der Waals surface area contributed by atoms with Crippen molar-refractivity contribution in [3.05, 3.63) is 276 Å². The first kappa shape index (κ1) is 112. The van der Waals surface area contributed by atoms with Crippen molar-refractivity contribution in [3.8, 4) is 0 Å². The molecule has 0 aliphatic carbocycles. The Hall–Kier alpha value is -7.83. The molecular formula is C72H77Cs2F2LiN10O21S5. The van der Waals surface area contributed by atoms with Crippen molar-refractivity contribution in [2.75, 3.05) is 68.2 Å². The van der Waals surface area contributed by atoms with Gasteiger partial charge >= 0.3 is 186 Å². The van der Waals surface area contributed by atoms with E-state index in [2.05, 4.69) is 27.6 Å². The predicted molar refractivity (Wildman–Crippen MR) is 422 cm³/mol. The summed E-state index contributed by atoms with van der Waals surface area (Å²) in [4.78, 5) is 104. The standard InChI is InChI=1S/C14H12N2O4S.C13H10N2O4S.C13H12N2O2S.C13H10N2OS.C8H8O2S.C6H5FN2O2.CH3F.CH2O3.CH4O.2CH4.2Cs.Li.2H2O.H/c1-20-14(17)10-4-2-3-5-12(10)21-13-7-6-9(15)8-11(13)16(18)19;14-8-5-6-12(10(7-8)15(18)19)20-11-4-2-1-3-9(11)13(16)17;14-8-5-6-12(10(15)7-8)18-11-4-2-1-3-9(11)13(16)17;14-8-5-6-12-10(7-8)15-13(16)9-3-1-2-4-11(9)17-12;1-10-8(9)6-4-2-3-5-7(6)11;7-5-2-1-4(8)3-6(5)9(10)11;1-2;2-1-4-3;1-2;;;;;;;;/h2-8H,15H2,1H3;1-7H,14H2,(H,16,17);1-7H,14-15H2,(H,16,17);1-7H,14H2,(H,15,16);2-5,11H,1H3;1-3H,8H2;1H3;1,3H;2H,1H3;2*1H4;;;;2*1H2;/q;;;;;;;;;;;3*+1;;;-1/p-2/i;;;;;;1D;;;;;;;;;;. The first-order chi connectivity index (χ1) is 51.0. The van der Waals surface area contributed by atoms with E-state index < -0.39 is 51.3 Å². The van der Waals surface area contributed by atoms with Crippen molar-refractivity contribution >= 4 is 153 Å². The van der Waals surface area contributed by atoms with Crippen LogP contribution in [0, 0.1) is 36.2 Å². The maximum Gasteiger partial charge on any atom is 1.00 e. The second-order valence-electron chi connectivity index (χ2n) is 19.6. The SMILES string of the molecule is C.C.CO.COC(=O)c1ccccc1S.COC(=O)c1ccccc1Sc1ccc(N)cc1[N+](=O)[O-].Nc1ccc(F)c([N+](=O)[O-])c1.Nc1ccc(Sc2ccccc2C(=O)O)c(N)c1.Nc1ccc(Sc2ccccc2C(=O)O)c([N+](=O)[O-])c1.Nc1ccc2c(c1)NC(=O)c1ccccc1S2.O.O=CO[O-].[2H]CF.[Cs+].[Cs+].[H-].[Li+].[OH-]. The number of aromatic carboxylic acids is 2. The molecule has 0 radical (unpaired) electrons. The number of nitro benzene ring substituents is 3. The number of halogens is 2. The van der Waals surface area contributed by atoms with Gasteiger partial charge in [-0.25, -0.2) is 19.2 Å². The fourth-order valence-electron chi connectivity index (χ4n) is 8.05. The van der Waals surface area contributed by atoms with Crippen LogP contribution in [-0.2, 0) is 19.2 Å². The molecule has 31 nitrogen and oxygen atoms in total. The number of aliphatic hydroxyl groups is 1. The Balaban J connectivity index is -0.000000303. The summed E-state index contributed by atoms with van der Waals surface area (Å²) in [6.07, 6.45) is 0. The number of alkyl halides is 1. The molecule has 0 spiro atoms. The van der Waals surface area contributed by atoms with E-state index in [0.717, 1.165) is 63.1 Å². The topological polar surface area (TPSA) is 573 Å². The number of nitro groups is 3. The van der Waals surface area contributed by atoms with Crippen LogP contribution in [0.25, 0.3) is 0 Å². The van der Waals surface area contributed by atoms with Crippen molar-refractivity contribution in [2.45, 2.75) is 58.9 Å². The van der Waals surface area contributed by atoms with Gasteiger partial charge in [-0.2, -0.15) is 4.39 Å². The van der Waals surface area contributed by atoms with Gasteiger partial charge in [-0.15, -0.1) is 12.6 Å². The number of rotatable bonds is 14. The normalized spacial score (nSPS) is 9.56. The number of methoxy groups -OCH3 is 2. The van der Waals surface area contributed by atoms with Crippen molar-refractivity contribution in [2.24, 2.45) is 0 Å². The van der Waals surface area contributed by atoms with Crippen LogP contribution in [0.3, 0.4) is 0 Å². The smallest absolute Gasteiger partial charge is 1.00 e. The van der Waals surface area contributed by atoms with Crippen molar-refractivity contribution in [1.82, 2.24) is 0 Å². The van der Waals surface area contributed by atoms with Crippen molar-refractivity contribution in [3.63, 3.8) is 0 Å². The number of amides is 1. The molecule has 1 heterocycles. The van der Waals surface area contributed by atoms with E-state index >= 15 is 0 Å². The number of hydrogen-bond donors (Lipinski definition) is 11. The monoisotopic (exact) mass is 1890 g/mol. The molecule has 0 fully saturated rings. The number of anilines is 7. The molecule has 19 N–H and O–H groups in total. The van der Waals surface area contributed by atoms with E-state index in [4.69, 9.17) is 65.9 Å². The zero-order chi connectivity index (χ0) is 79.9. The third kappa shape index (κ3) is 38.0. The Morgan fingerprint density at radius 1 is 0.540 bits per heavy atom. The third-order valence-electron chi connectivity index (χ3n) is 12.7. The molecule has 1 aliphatic heterocycles. The van der Waals surface area contributed by atoms with E-state index in [-0.39, 0.29) is 236 Å². The van der Waals surface area contributed by atoms with Gasteiger partial charge in [0.05, 0.1) is 80.8 Å². The number of aliphatic hydroxyl groups excluding tert-OH is 1. The van der Waals surface area contributed by atoms with Crippen LogP contribution < -0.4 is 202 Å². The van der Waals surface area contributed by atoms with Gasteiger partial charge in [0, 0.05) is 93.7 Å². The van der Waals surface area contributed by atoms with E-state index in [9.17, 15) is 63.1 Å². The number of nitrogens with zero attached hydrogens (tertiary/aromatic N) is 3. The molecule has 1 aliphatic rings. The zero-order valence-corrected chi connectivity index (χ0v) is 76.2. The Morgan fingerprint density at radius 3 is 1.28 bits per heavy atom. The van der Waals surface area contributed by atoms with Crippen molar-refractivity contribution < 1.29 is 258 Å². The van der Waals surface area contributed by atoms with Crippen LogP contribution in [0.5, 0.6) is 0 Å². The van der Waals surface area contributed by atoms with Gasteiger partial charge < -0.3 is 87.0 Å². The minimum absolute atomic E-state index is 0. The summed E-state index contributed by atoms with van der Waals surface area (Å²) in [5.41, 5.74) is 37.9. The summed E-state index contributed by atoms with van der Waals surface area (Å²) >= 11 is 9.14. The number of carboxylic acid groups (broad SMARTS) is 2. The number of thiol groups is 1. The number of hydrogen-bond acceptors (Lipinski definition) is 29. The molecule has 1 amide bonds. The molecule has 11 rings (SSSR count). The summed E-state index contributed by atoms with van der Waals surface area (Å²) in [6, 6.07) is 57.2. The Morgan fingerprint density at radius 2 is 0.876 bits per heavy atom. The minimum Gasteiger partial charge on any atom is -1.00 e. The summed E-state index contributed by atoms with van der Waals surface area (Å²) in [5.74, 6) is -3.83. The largest absolute Gasteiger partial charge is 1.00 e. The first-order valence-electron chi connectivity index (χ1n) is 29.9. The molecule has 41 heteroatoms. The molecule has 0 atom stereocenters. The molecule has 10 aromatic rings. The maximum atomic E-state index is 12.5. The van der Waals surface area contributed by atoms with E-state index in [1.165, 1.54) is 56.3 Å². The number of carboxylic acids is 2. The maximum absolute atomic E-state index is 12.5. The van der Waals surface area contributed by atoms with E-state index in [0.29, 0.717) is 68.8 Å². The molecule has 0 unspecified atom stereocenters. The average Bonchev–Trinajstić information content (AvgIpc) is 1.61. The first-order valence-corrected chi connectivity index (χ1v) is 32.9. The minimum atomic E-state index is -1.08. The van der Waals surface area contributed by atoms with E-state index in [1.54, 1.807) is 139 Å². The number of benzene rings is 10.